The number of anilines is 1. The molecule has 0 spiro atoms. The van der Waals surface area contributed by atoms with Gasteiger partial charge in [-0.1, -0.05) is 0 Å². The van der Waals surface area contributed by atoms with Crippen molar-refractivity contribution < 1.29 is 9.53 Å². The number of rotatable bonds is 10. The van der Waals surface area contributed by atoms with Crippen molar-refractivity contribution in [2.45, 2.75) is 12.8 Å². The molecule has 0 aliphatic carbocycles. The minimum Gasteiger partial charge on any atom is -0.385 e. The molecule has 0 saturated heterocycles. The van der Waals surface area contributed by atoms with Gasteiger partial charge >= 0.3 is 0 Å². The summed E-state index contributed by atoms with van der Waals surface area (Å²) in [5, 5.41) is 5.99. The van der Waals surface area contributed by atoms with Gasteiger partial charge in [-0.25, -0.2) is 9.97 Å². The van der Waals surface area contributed by atoms with Gasteiger partial charge in [0.05, 0.1) is 0 Å². The van der Waals surface area contributed by atoms with Crippen molar-refractivity contribution in [3.8, 4) is 0 Å². The molecule has 0 aromatic carbocycles. The van der Waals surface area contributed by atoms with Gasteiger partial charge in [-0.2, -0.15) is 0 Å². The van der Waals surface area contributed by atoms with E-state index >= 15 is 0 Å². The molecule has 1 heterocycles. The van der Waals surface area contributed by atoms with Crippen LogP contribution in [0.25, 0.3) is 0 Å². The van der Waals surface area contributed by atoms with Gasteiger partial charge in [-0.05, 0) is 33.5 Å². The SMILES string of the molecule is COCCCNc1cc(C(=O)NCCCN(C)C)ncn1. The van der Waals surface area contributed by atoms with E-state index in [0.717, 1.165) is 25.9 Å². The smallest absolute Gasteiger partial charge is 0.270 e. The van der Waals surface area contributed by atoms with E-state index in [4.69, 9.17) is 4.74 Å². The van der Waals surface area contributed by atoms with Crippen LogP contribution < -0.4 is 10.6 Å². The van der Waals surface area contributed by atoms with E-state index in [0.29, 0.717) is 24.7 Å². The van der Waals surface area contributed by atoms with E-state index in [9.17, 15) is 4.79 Å². The second-order valence-corrected chi connectivity index (χ2v) is 4.97. The zero-order valence-corrected chi connectivity index (χ0v) is 13.1. The van der Waals surface area contributed by atoms with Crippen LogP contribution in [0.5, 0.6) is 0 Å². The van der Waals surface area contributed by atoms with Gasteiger partial charge in [-0.3, -0.25) is 4.79 Å². The molecule has 0 aliphatic heterocycles. The topological polar surface area (TPSA) is 79.4 Å². The molecule has 1 aromatic rings. The Morgan fingerprint density at radius 2 is 2.10 bits per heavy atom. The Morgan fingerprint density at radius 1 is 1.29 bits per heavy atom. The second-order valence-electron chi connectivity index (χ2n) is 4.97. The van der Waals surface area contributed by atoms with Gasteiger partial charge in [0, 0.05) is 32.9 Å². The van der Waals surface area contributed by atoms with Crippen LogP contribution in [-0.2, 0) is 4.74 Å². The van der Waals surface area contributed by atoms with Gasteiger partial charge in [-0.15, -0.1) is 0 Å². The van der Waals surface area contributed by atoms with Crippen LogP contribution in [-0.4, -0.2) is 68.2 Å². The number of amides is 1. The predicted molar refractivity (Wildman–Crippen MR) is 82.5 cm³/mol. The summed E-state index contributed by atoms with van der Waals surface area (Å²) in [5.74, 6) is 0.482. The summed E-state index contributed by atoms with van der Waals surface area (Å²) < 4.78 is 4.97. The number of ether oxygens (including phenoxy) is 1. The van der Waals surface area contributed by atoms with Crippen LogP contribution in [0.1, 0.15) is 23.3 Å². The molecule has 7 heteroatoms. The summed E-state index contributed by atoms with van der Waals surface area (Å²) in [5.41, 5.74) is 0.379. The molecule has 118 valence electrons. The Morgan fingerprint density at radius 3 is 2.81 bits per heavy atom. The molecular weight excluding hydrogens is 270 g/mol. The van der Waals surface area contributed by atoms with E-state index in [1.807, 2.05) is 14.1 Å². The molecule has 7 nitrogen and oxygen atoms in total. The van der Waals surface area contributed by atoms with E-state index in [1.54, 1.807) is 13.2 Å². The fourth-order valence-electron chi connectivity index (χ4n) is 1.70. The first-order chi connectivity index (χ1) is 10.1. The van der Waals surface area contributed by atoms with Gasteiger partial charge < -0.3 is 20.3 Å². The summed E-state index contributed by atoms with van der Waals surface area (Å²) >= 11 is 0. The number of carbonyl (C=O) groups excluding carboxylic acids is 1. The van der Waals surface area contributed by atoms with Crippen molar-refractivity contribution in [3.63, 3.8) is 0 Å². The Balaban J connectivity index is 2.38. The highest BCUT2D eigenvalue weighted by molar-refractivity contribution is 5.92. The number of hydrogen-bond donors (Lipinski definition) is 2. The third-order valence-corrected chi connectivity index (χ3v) is 2.80. The molecule has 0 radical (unpaired) electrons. The Hall–Kier alpha value is -1.73. The Labute approximate surface area is 126 Å². The number of nitrogens with zero attached hydrogens (tertiary/aromatic N) is 3. The Bertz CT molecular complexity index is 426. The summed E-state index contributed by atoms with van der Waals surface area (Å²) in [6, 6.07) is 1.66. The molecule has 1 aromatic heterocycles. The fraction of sp³-hybridized carbons (Fsp3) is 0.643. The molecular formula is C14H25N5O2. The molecule has 1 rings (SSSR count). The van der Waals surface area contributed by atoms with Gasteiger partial charge in [0.1, 0.15) is 17.8 Å². The van der Waals surface area contributed by atoms with Crippen LogP contribution in [0.3, 0.4) is 0 Å². The highest BCUT2D eigenvalue weighted by Crippen LogP contribution is 2.04. The zero-order valence-electron chi connectivity index (χ0n) is 13.1. The lowest BCUT2D eigenvalue weighted by molar-refractivity contribution is 0.0947. The fourth-order valence-corrected chi connectivity index (χ4v) is 1.70. The van der Waals surface area contributed by atoms with Gasteiger partial charge in [0.15, 0.2) is 0 Å². The third-order valence-electron chi connectivity index (χ3n) is 2.80. The lowest BCUT2D eigenvalue weighted by Crippen LogP contribution is -2.28. The monoisotopic (exact) mass is 295 g/mol. The van der Waals surface area contributed by atoms with Crippen molar-refractivity contribution in [2.75, 3.05) is 52.8 Å². The Kier molecular flexibility index (Phi) is 8.30. The number of hydrogen-bond acceptors (Lipinski definition) is 6. The maximum atomic E-state index is 12.0. The molecule has 0 aliphatic rings. The van der Waals surface area contributed by atoms with Crippen LogP contribution in [0.15, 0.2) is 12.4 Å². The maximum Gasteiger partial charge on any atom is 0.270 e. The first kappa shape index (κ1) is 17.3. The number of nitrogens with one attached hydrogen (secondary N) is 2. The van der Waals surface area contributed by atoms with Crippen LogP contribution in [0.4, 0.5) is 5.82 Å². The minimum absolute atomic E-state index is 0.170. The first-order valence-electron chi connectivity index (χ1n) is 7.11. The number of carbonyl (C=O) groups is 1. The van der Waals surface area contributed by atoms with Crippen molar-refractivity contribution in [2.24, 2.45) is 0 Å². The molecule has 0 saturated carbocycles. The standard InChI is InChI=1S/C14H25N5O2/c1-19(2)8-4-6-16-14(20)12-10-13(18-11-17-12)15-7-5-9-21-3/h10-11H,4-9H2,1-3H3,(H,16,20)(H,15,17,18). The highest BCUT2D eigenvalue weighted by Gasteiger charge is 2.07. The summed E-state index contributed by atoms with van der Waals surface area (Å²) in [6.45, 7) is 3.01. The van der Waals surface area contributed by atoms with E-state index in [-0.39, 0.29) is 5.91 Å². The third kappa shape index (κ3) is 7.57. The second kappa shape index (κ2) is 10.1. The molecule has 2 N–H and O–H groups in total. The summed E-state index contributed by atoms with van der Waals surface area (Å²) in [7, 11) is 5.69. The average molecular weight is 295 g/mol. The summed E-state index contributed by atoms with van der Waals surface area (Å²) in [6.07, 6.45) is 3.19. The molecule has 0 fully saturated rings. The highest BCUT2D eigenvalue weighted by atomic mass is 16.5. The first-order valence-corrected chi connectivity index (χ1v) is 7.11. The summed E-state index contributed by atoms with van der Waals surface area (Å²) in [4.78, 5) is 22.1. The van der Waals surface area contributed by atoms with Gasteiger partial charge in [0.2, 0.25) is 0 Å². The van der Waals surface area contributed by atoms with Crippen molar-refractivity contribution >= 4 is 11.7 Å². The number of aromatic nitrogens is 2. The van der Waals surface area contributed by atoms with Crippen LogP contribution >= 0.6 is 0 Å². The number of methoxy groups -OCH3 is 1. The average Bonchev–Trinajstić information content (AvgIpc) is 2.48. The lowest BCUT2D eigenvalue weighted by atomic mass is 10.3. The quantitative estimate of drug-likeness (QED) is 0.616. The van der Waals surface area contributed by atoms with Crippen molar-refractivity contribution in [3.05, 3.63) is 18.1 Å². The van der Waals surface area contributed by atoms with E-state index in [1.165, 1.54) is 6.33 Å². The largest absolute Gasteiger partial charge is 0.385 e. The van der Waals surface area contributed by atoms with Crippen LogP contribution in [0.2, 0.25) is 0 Å². The predicted octanol–water partition coefficient (Wildman–Crippen LogP) is 0.607. The molecule has 21 heavy (non-hydrogen) atoms. The molecule has 0 unspecified atom stereocenters. The maximum absolute atomic E-state index is 12.0. The normalized spacial score (nSPS) is 10.7. The van der Waals surface area contributed by atoms with Crippen molar-refractivity contribution in [1.82, 2.24) is 20.2 Å². The minimum atomic E-state index is -0.170. The van der Waals surface area contributed by atoms with Crippen molar-refractivity contribution in [1.29, 1.82) is 0 Å². The van der Waals surface area contributed by atoms with Gasteiger partial charge in [0.25, 0.3) is 5.91 Å². The lowest BCUT2D eigenvalue weighted by Gasteiger charge is -2.10. The molecule has 0 atom stereocenters. The molecule has 0 bridgehead atoms. The zero-order chi connectivity index (χ0) is 15.5. The van der Waals surface area contributed by atoms with E-state index in [2.05, 4.69) is 25.5 Å². The van der Waals surface area contributed by atoms with Crippen LogP contribution in [0, 0.1) is 0 Å². The van der Waals surface area contributed by atoms with E-state index < -0.39 is 0 Å². The molecule has 1 amide bonds.